The highest BCUT2D eigenvalue weighted by Crippen LogP contribution is 2.41. The maximum Gasteiger partial charge on any atom is 0.169 e. The molecule has 1 aromatic heterocycles. The zero-order valence-corrected chi connectivity index (χ0v) is 8.60. The van der Waals surface area contributed by atoms with Crippen LogP contribution in [0.2, 0.25) is 0 Å². The van der Waals surface area contributed by atoms with Crippen molar-refractivity contribution < 1.29 is 4.42 Å². The standard InChI is InChI=1S/C9H12BrNO/c1-11-9(6-2-3-6)7-4-5-8(10)12-7/h4-6,9,11H,2-3H2,1H3. The lowest BCUT2D eigenvalue weighted by molar-refractivity contribution is 0.392. The summed E-state index contributed by atoms with van der Waals surface area (Å²) in [5.41, 5.74) is 0. The predicted molar refractivity (Wildman–Crippen MR) is 50.9 cm³/mol. The van der Waals surface area contributed by atoms with Gasteiger partial charge in [-0.3, -0.25) is 0 Å². The van der Waals surface area contributed by atoms with E-state index < -0.39 is 0 Å². The fourth-order valence-corrected chi connectivity index (χ4v) is 1.85. The molecule has 1 saturated carbocycles. The van der Waals surface area contributed by atoms with Crippen LogP contribution in [-0.4, -0.2) is 7.05 Å². The molecule has 0 amide bonds. The third-order valence-electron chi connectivity index (χ3n) is 2.30. The lowest BCUT2D eigenvalue weighted by atomic mass is 10.1. The fourth-order valence-electron chi connectivity index (χ4n) is 1.54. The number of halogens is 1. The van der Waals surface area contributed by atoms with Crippen LogP contribution in [0.4, 0.5) is 0 Å². The molecule has 1 fully saturated rings. The van der Waals surface area contributed by atoms with Gasteiger partial charge in [-0.05, 0) is 53.9 Å². The number of hydrogen-bond donors (Lipinski definition) is 1. The average molecular weight is 230 g/mol. The Hall–Kier alpha value is -0.280. The van der Waals surface area contributed by atoms with Crippen molar-refractivity contribution in [3.63, 3.8) is 0 Å². The summed E-state index contributed by atoms with van der Waals surface area (Å²) in [5.74, 6) is 1.83. The third kappa shape index (κ3) is 1.57. The van der Waals surface area contributed by atoms with Gasteiger partial charge in [-0.2, -0.15) is 0 Å². The number of nitrogens with one attached hydrogen (secondary N) is 1. The molecule has 12 heavy (non-hydrogen) atoms. The zero-order valence-electron chi connectivity index (χ0n) is 7.01. The molecule has 2 rings (SSSR count). The summed E-state index contributed by atoms with van der Waals surface area (Å²) in [6, 6.07) is 4.39. The van der Waals surface area contributed by atoms with Crippen LogP contribution in [0.15, 0.2) is 21.2 Å². The first-order valence-corrected chi connectivity index (χ1v) is 5.03. The molecule has 0 radical (unpaired) electrons. The Morgan fingerprint density at radius 3 is 2.75 bits per heavy atom. The highest BCUT2D eigenvalue weighted by Gasteiger charge is 2.32. The Bertz CT molecular complexity index is 267. The van der Waals surface area contributed by atoms with E-state index in [1.807, 2.05) is 19.2 Å². The number of rotatable bonds is 3. The highest BCUT2D eigenvalue weighted by atomic mass is 79.9. The Balaban J connectivity index is 2.15. The van der Waals surface area contributed by atoms with Crippen molar-refractivity contribution in [3.05, 3.63) is 22.6 Å². The third-order valence-corrected chi connectivity index (χ3v) is 2.73. The largest absolute Gasteiger partial charge is 0.453 e. The first-order valence-electron chi connectivity index (χ1n) is 4.24. The molecule has 1 atom stereocenters. The van der Waals surface area contributed by atoms with Gasteiger partial charge in [-0.15, -0.1) is 0 Å². The van der Waals surface area contributed by atoms with Gasteiger partial charge in [-0.1, -0.05) is 0 Å². The van der Waals surface area contributed by atoms with Crippen molar-refractivity contribution in [2.75, 3.05) is 7.05 Å². The molecule has 1 aliphatic carbocycles. The van der Waals surface area contributed by atoms with E-state index in [0.29, 0.717) is 6.04 Å². The van der Waals surface area contributed by atoms with Gasteiger partial charge in [-0.25, -0.2) is 0 Å². The molecule has 3 heteroatoms. The number of furan rings is 1. The second-order valence-electron chi connectivity index (χ2n) is 3.25. The van der Waals surface area contributed by atoms with Gasteiger partial charge in [0, 0.05) is 0 Å². The molecular weight excluding hydrogens is 218 g/mol. The Labute approximate surface area is 80.5 Å². The monoisotopic (exact) mass is 229 g/mol. The fraction of sp³-hybridized carbons (Fsp3) is 0.556. The molecule has 66 valence electrons. The zero-order chi connectivity index (χ0) is 8.55. The van der Waals surface area contributed by atoms with Gasteiger partial charge in [0.1, 0.15) is 5.76 Å². The summed E-state index contributed by atoms with van der Waals surface area (Å²) in [4.78, 5) is 0. The Kier molecular flexibility index (Phi) is 2.24. The summed E-state index contributed by atoms with van der Waals surface area (Å²) in [5, 5.41) is 3.28. The van der Waals surface area contributed by atoms with Crippen LogP contribution in [0.5, 0.6) is 0 Å². The highest BCUT2D eigenvalue weighted by molar-refractivity contribution is 9.10. The molecule has 0 aromatic carbocycles. The minimum absolute atomic E-state index is 0.413. The summed E-state index contributed by atoms with van der Waals surface area (Å²) < 4.78 is 6.31. The minimum Gasteiger partial charge on any atom is -0.453 e. The van der Waals surface area contributed by atoms with Gasteiger partial charge in [0.25, 0.3) is 0 Å². The summed E-state index contributed by atoms with van der Waals surface area (Å²) in [6.45, 7) is 0. The van der Waals surface area contributed by atoms with E-state index in [1.54, 1.807) is 0 Å². The SMILES string of the molecule is CNC(c1ccc(Br)o1)C1CC1. The van der Waals surface area contributed by atoms with Crippen LogP contribution < -0.4 is 5.32 Å². The van der Waals surface area contributed by atoms with Crippen molar-refractivity contribution in [2.24, 2.45) is 5.92 Å². The quantitative estimate of drug-likeness (QED) is 0.863. The van der Waals surface area contributed by atoms with Crippen LogP contribution in [0.3, 0.4) is 0 Å². The maximum absolute atomic E-state index is 5.49. The van der Waals surface area contributed by atoms with Crippen LogP contribution >= 0.6 is 15.9 Å². The molecule has 0 bridgehead atoms. The lowest BCUT2D eigenvalue weighted by Crippen LogP contribution is -2.17. The van der Waals surface area contributed by atoms with E-state index in [9.17, 15) is 0 Å². The first-order chi connectivity index (χ1) is 5.81. The second-order valence-corrected chi connectivity index (χ2v) is 4.03. The molecule has 0 saturated heterocycles. The summed E-state index contributed by atoms with van der Waals surface area (Å²) in [6.07, 6.45) is 2.65. The average Bonchev–Trinajstić information content (AvgIpc) is 2.78. The first kappa shape index (κ1) is 8.32. The lowest BCUT2D eigenvalue weighted by Gasteiger charge is -2.11. The van der Waals surface area contributed by atoms with Crippen molar-refractivity contribution in [2.45, 2.75) is 18.9 Å². The van der Waals surface area contributed by atoms with Crippen molar-refractivity contribution in [1.82, 2.24) is 5.32 Å². The van der Waals surface area contributed by atoms with Crippen LogP contribution in [0.1, 0.15) is 24.6 Å². The molecule has 0 spiro atoms. The molecule has 2 nitrogen and oxygen atoms in total. The minimum atomic E-state index is 0.413. The van der Waals surface area contributed by atoms with Crippen molar-refractivity contribution >= 4 is 15.9 Å². The molecule has 0 aliphatic heterocycles. The van der Waals surface area contributed by atoms with Crippen LogP contribution in [-0.2, 0) is 0 Å². The van der Waals surface area contributed by atoms with E-state index in [1.165, 1.54) is 12.8 Å². The van der Waals surface area contributed by atoms with Gasteiger partial charge in [0.15, 0.2) is 4.67 Å². The van der Waals surface area contributed by atoms with Crippen LogP contribution in [0, 0.1) is 5.92 Å². The number of hydrogen-bond acceptors (Lipinski definition) is 2. The molecule has 1 aromatic rings. The van der Waals surface area contributed by atoms with E-state index in [-0.39, 0.29) is 0 Å². The van der Waals surface area contributed by atoms with Gasteiger partial charge < -0.3 is 9.73 Å². The normalized spacial score (nSPS) is 19.5. The van der Waals surface area contributed by atoms with Gasteiger partial charge >= 0.3 is 0 Å². The van der Waals surface area contributed by atoms with E-state index >= 15 is 0 Å². The smallest absolute Gasteiger partial charge is 0.169 e. The maximum atomic E-state index is 5.49. The Morgan fingerprint density at radius 1 is 1.58 bits per heavy atom. The van der Waals surface area contributed by atoms with Gasteiger partial charge in [0.05, 0.1) is 6.04 Å². The summed E-state index contributed by atoms with van der Waals surface area (Å²) >= 11 is 3.30. The van der Waals surface area contributed by atoms with Crippen molar-refractivity contribution in [1.29, 1.82) is 0 Å². The van der Waals surface area contributed by atoms with E-state index in [0.717, 1.165) is 16.3 Å². The van der Waals surface area contributed by atoms with Crippen LogP contribution in [0.25, 0.3) is 0 Å². The molecule has 1 unspecified atom stereocenters. The van der Waals surface area contributed by atoms with E-state index in [4.69, 9.17) is 4.42 Å². The topological polar surface area (TPSA) is 25.2 Å². The molecular formula is C9H12BrNO. The second kappa shape index (κ2) is 3.23. The molecule has 1 heterocycles. The predicted octanol–water partition coefficient (Wildman–Crippen LogP) is 2.71. The Morgan fingerprint density at radius 2 is 2.33 bits per heavy atom. The molecule has 1 aliphatic rings. The summed E-state index contributed by atoms with van der Waals surface area (Å²) in [7, 11) is 1.99. The molecule has 1 N–H and O–H groups in total. The van der Waals surface area contributed by atoms with Crippen molar-refractivity contribution in [3.8, 4) is 0 Å². The van der Waals surface area contributed by atoms with E-state index in [2.05, 4.69) is 21.2 Å². The van der Waals surface area contributed by atoms with Gasteiger partial charge in [0.2, 0.25) is 0 Å².